The molecule has 0 atom stereocenters. The van der Waals surface area contributed by atoms with E-state index in [-0.39, 0.29) is 0 Å². The van der Waals surface area contributed by atoms with Gasteiger partial charge >= 0.3 is 0 Å². The quantitative estimate of drug-likeness (QED) is 0.485. The van der Waals surface area contributed by atoms with Crippen molar-refractivity contribution < 1.29 is 13.1 Å². The Morgan fingerprint density at radius 3 is 2.64 bits per heavy atom. The first kappa shape index (κ1) is 12.6. The highest BCUT2D eigenvalue weighted by molar-refractivity contribution is 6.08. The number of hydrogen-bond acceptors (Lipinski definition) is 2. The fraction of sp³-hybridized carbons (Fsp3) is 0.273. The Bertz CT molecular complexity index is 1220. The van der Waals surface area contributed by atoms with E-state index in [0.29, 0.717) is 11.3 Å². The first-order chi connectivity index (χ1) is 13.2. The predicted molar refractivity (Wildman–Crippen MR) is 102 cm³/mol. The molecule has 0 aliphatic rings. The molecule has 0 fully saturated rings. The molecule has 3 nitrogen and oxygen atoms in total. The lowest BCUT2D eigenvalue weighted by Gasteiger charge is -2.07. The summed E-state index contributed by atoms with van der Waals surface area (Å²) in [5.74, 6) is 0. The number of hydrogen-bond donors (Lipinski definition) is 0. The third kappa shape index (κ3) is 2.42. The number of aryl methyl sites for hydroxylation is 5. The Morgan fingerprint density at radius 2 is 1.88 bits per heavy atom. The Morgan fingerprint density at radius 1 is 1.08 bits per heavy atom. The van der Waals surface area contributed by atoms with Gasteiger partial charge < -0.3 is 4.42 Å². The SMILES string of the molecule is [2H]C([2H])([2H])c1c[n+](C)c(-c2c(C)ccc3c2oc2nc(CC)ccc23)cc1C. The van der Waals surface area contributed by atoms with Gasteiger partial charge in [-0.25, -0.2) is 9.55 Å². The Hall–Kier alpha value is -2.68. The van der Waals surface area contributed by atoms with E-state index in [4.69, 9.17) is 8.53 Å². The largest absolute Gasteiger partial charge is 0.437 e. The summed E-state index contributed by atoms with van der Waals surface area (Å²) in [6.45, 7) is 3.82. The number of nitrogens with zero attached hydrogens (tertiary/aromatic N) is 2. The maximum Gasteiger partial charge on any atom is 0.227 e. The second kappa shape index (κ2) is 5.69. The average molecular weight is 334 g/mol. The molecule has 3 heteroatoms. The van der Waals surface area contributed by atoms with Crippen LogP contribution >= 0.6 is 0 Å². The van der Waals surface area contributed by atoms with E-state index in [1.807, 2.05) is 37.6 Å². The second-order valence-electron chi connectivity index (χ2n) is 6.61. The van der Waals surface area contributed by atoms with Gasteiger partial charge in [0.1, 0.15) is 7.05 Å². The van der Waals surface area contributed by atoms with Crippen molar-refractivity contribution in [2.45, 2.75) is 34.0 Å². The van der Waals surface area contributed by atoms with E-state index in [0.717, 1.165) is 50.9 Å². The summed E-state index contributed by atoms with van der Waals surface area (Å²) in [4.78, 5) is 4.63. The highest BCUT2D eigenvalue weighted by atomic mass is 16.3. The van der Waals surface area contributed by atoms with Crippen LogP contribution in [-0.4, -0.2) is 4.98 Å². The van der Waals surface area contributed by atoms with Gasteiger partial charge in [-0.3, -0.25) is 0 Å². The van der Waals surface area contributed by atoms with Crippen LogP contribution in [0.3, 0.4) is 0 Å². The predicted octanol–water partition coefficient (Wildman–Crippen LogP) is 4.96. The van der Waals surface area contributed by atoms with Gasteiger partial charge in [0.25, 0.3) is 0 Å². The van der Waals surface area contributed by atoms with Gasteiger partial charge in [-0.1, -0.05) is 19.1 Å². The highest BCUT2D eigenvalue weighted by Gasteiger charge is 2.21. The Labute approximate surface area is 152 Å². The first-order valence-corrected chi connectivity index (χ1v) is 8.53. The van der Waals surface area contributed by atoms with Gasteiger partial charge in [0.2, 0.25) is 11.4 Å². The number of benzene rings is 1. The molecule has 0 aliphatic carbocycles. The van der Waals surface area contributed by atoms with E-state index in [1.54, 1.807) is 6.20 Å². The lowest BCUT2D eigenvalue weighted by Crippen LogP contribution is -2.31. The molecule has 0 bridgehead atoms. The van der Waals surface area contributed by atoms with Crippen LogP contribution in [0.5, 0.6) is 0 Å². The standard InChI is InChI=1S/C22H23N2O/c1-6-16-8-10-18-17-9-7-13(2)20(21(17)25-22(18)23-16)19-11-14(3)15(4)12-24(19)5/h7-12H,6H2,1-5H3/q+1/i4D3. The molecule has 3 heterocycles. The molecule has 0 N–H and O–H groups in total. The zero-order valence-corrected chi connectivity index (χ0v) is 15.0. The number of furan rings is 1. The Balaban J connectivity index is 2.03. The zero-order valence-electron chi connectivity index (χ0n) is 18.0. The van der Waals surface area contributed by atoms with Crippen LogP contribution in [0.4, 0.5) is 0 Å². The molecule has 4 aromatic rings. The fourth-order valence-electron chi connectivity index (χ4n) is 3.37. The molecular weight excluding hydrogens is 308 g/mol. The van der Waals surface area contributed by atoms with E-state index in [9.17, 15) is 0 Å². The van der Waals surface area contributed by atoms with Gasteiger partial charge in [-0.05, 0) is 50.4 Å². The monoisotopic (exact) mass is 334 g/mol. The highest BCUT2D eigenvalue weighted by Crippen LogP contribution is 2.36. The van der Waals surface area contributed by atoms with Crippen molar-refractivity contribution in [2.24, 2.45) is 7.05 Å². The molecule has 25 heavy (non-hydrogen) atoms. The van der Waals surface area contributed by atoms with Crippen molar-refractivity contribution in [3.8, 4) is 11.3 Å². The maximum atomic E-state index is 7.76. The second-order valence-corrected chi connectivity index (χ2v) is 6.61. The molecule has 0 saturated heterocycles. The van der Waals surface area contributed by atoms with Crippen LogP contribution in [0.25, 0.3) is 33.3 Å². The minimum Gasteiger partial charge on any atom is -0.437 e. The van der Waals surface area contributed by atoms with Gasteiger partial charge in [-0.15, -0.1) is 0 Å². The smallest absolute Gasteiger partial charge is 0.227 e. The average Bonchev–Trinajstić information content (AvgIpc) is 3.00. The lowest BCUT2D eigenvalue weighted by atomic mass is 9.99. The number of aromatic nitrogens is 2. The van der Waals surface area contributed by atoms with Gasteiger partial charge in [0.05, 0.1) is 5.56 Å². The topological polar surface area (TPSA) is 29.9 Å². The van der Waals surface area contributed by atoms with Crippen LogP contribution in [0.2, 0.25) is 0 Å². The van der Waals surface area contributed by atoms with E-state index in [1.165, 1.54) is 0 Å². The Kier molecular flexibility index (Phi) is 2.88. The summed E-state index contributed by atoms with van der Waals surface area (Å²) in [5, 5.41) is 2.01. The van der Waals surface area contributed by atoms with Gasteiger partial charge in [0, 0.05) is 32.2 Å². The first-order valence-electron chi connectivity index (χ1n) is 10.0. The molecule has 0 radical (unpaired) electrons. The van der Waals surface area contributed by atoms with Gasteiger partial charge in [-0.2, -0.15) is 0 Å². The fourth-order valence-corrected chi connectivity index (χ4v) is 3.37. The minimum absolute atomic E-state index is 0.363. The van der Waals surface area contributed by atoms with Crippen LogP contribution in [0.15, 0.2) is 40.9 Å². The summed E-state index contributed by atoms with van der Waals surface area (Å²) in [6, 6.07) is 10.2. The molecule has 3 aromatic heterocycles. The maximum absolute atomic E-state index is 7.76. The molecule has 126 valence electrons. The number of fused-ring (bicyclic) bond motifs is 3. The summed E-state index contributed by atoms with van der Waals surface area (Å²) < 4.78 is 31.4. The molecule has 0 amide bonds. The molecule has 0 aliphatic heterocycles. The molecule has 0 unspecified atom stereocenters. The van der Waals surface area contributed by atoms with Crippen molar-refractivity contribution in [1.82, 2.24) is 4.98 Å². The van der Waals surface area contributed by atoms with Crippen LogP contribution in [-0.2, 0) is 13.5 Å². The zero-order chi connectivity index (χ0) is 20.2. The number of rotatable bonds is 2. The molecule has 0 saturated carbocycles. The van der Waals surface area contributed by atoms with Crippen molar-refractivity contribution >= 4 is 22.1 Å². The lowest BCUT2D eigenvalue weighted by molar-refractivity contribution is -0.660. The summed E-state index contributed by atoms with van der Waals surface area (Å²) in [6.07, 6.45) is 2.55. The number of pyridine rings is 2. The van der Waals surface area contributed by atoms with Gasteiger partial charge in [0.15, 0.2) is 11.8 Å². The molecule has 1 aromatic carbocycles. The minimum atomic E-state index is -2.14. The van der Waals surface area contributed by atoms with Crippen molar-refractivity contribution in [3.63, 3.8) is 0 Å². The third-order valence-corrected chi connectivity index (χ3v) is 4.87. The van der Waals surface area contributed by atoms with E-state index in [2.05, 4.69) is 30.1 Å². The van der Waals surface area contributed by atoms with E-state index >= 15 is 0 Å². The molecular formula is C22H23N2O+. The van der Waals surface area contributed by atoms with Crippen LogP contribution in [0, 0.1) is 20.7 Å². The van der Waals surface area contributed by atoms with E-state index < -0.39 is 6.85 Å². The summed E-state index contributed by atoms with van der Waals surface area (Å²) in [7, 11) is 1.87. The normalized spacial score (nSPS) is 13.8. The van der Waals surface area contributed by atoms with Crippen LogP contribution < -0.4 is 4.57 Å². The third-order valence-electron chi connectivity index (χ3n) is 4.87. The molecule has 0 spiro atoms. The summed E-state index contributed by atoms with van der Waals surface area (Å²) >= 11 is 0. The molecule has 4 rings (SSSR count). The summed E-state index contributed by atoms with van der Waals surface area (Å²) in [5.41, 5.74) is 6.48. The van der Waals surface area contributed by atoms with Crippen LogP contribution in [0.1, 0.15) is 33.4 Å². The van der Waals surface area contributed by atoms with Crippen molar-refractivity contribution in [1.29, 1.82) is 0 Å². The van der Waals surface area contributed by atoms with Crippen molar-refractivity contribution in [3.05, 3.63) is 58.9 Å². The van der Waals surface area contributed by atoms with Crippen molar-refractivity contribution in [2.75, 3.05) is 0 Å².